The standard InChI is InChI=1S/C12H20O2/c1-5-12(4,10-7-6-8-10)14-11(13)9(2)3/h10H,2,5-8H2,1,3-4H3. The highest BCUT2D eigenvalue weighted by atomic mass is 16.6. The number of rotatable bonds is 4. The van der Waals surface area contributed by atoms with Gasteiger partial charge in [-0.2, -0.15) is 0 Å². The van der Waals surface area contributed by atoms with Gasteiger partial charge in [0.15, 0.2) is 0 Å². The van der Waals surface area contributed by atoms with Crippen LogP contribution in [-0.4, -0.2) is 11.6 Å². The van der Waals surface area contributed by atoms with Gasteiger partial charge in [-0.05, 0) is 39.0 Å². The van der Waals surface area contributed by atoms with E-state index in [9.17, 15) is 4.79 Å². The highest BCUT2D eigenvalue weighted by Gasteiger charge is 2.39. The lowest BCUT2D eigenvalue weighted by Gasteiger charge is -2.41. The first-order chi connectivity index (χ1) is 6.49. The van der Waals surface area contributed by atoms with Crippen LogP contribution in [0.2, 0.25) is 0 Å². The van der Waals surface area contributed by atoms with Crippen molar-refractivity contribution in [3.05, 3.63) is 12.2 Å². The van der Waals surface area contributed by atoms with E-state index in [2.05, 4.69) is 13.5 Å². The maximum Gasteiger partial charge on any atom is 0.333 e. The lowest BCUT2D eigenvalue weighted by atomic mass is 9.72. The van der Waals surface area contributed by atoms with Crippen molar-refractivity contribution in [3.63, 3.8) is 0 Å². The van der Waals surface area contributed by atoms with Crippen molar-refractivity contribution < 1.29 is 9.53 Å². The summed E-state index contributed by atoms with van der Waals surface area (Å²) in [5, 5.41) is 0. The van der Waals surface area contributed by atoms with E-state index in [4.69, 9.17) is 4.74 Å². The molecule has 80 valence electrons. The van der Waals surface area contributed by atoms with E-state index < -0.39 is 0 Å². The molecule has 2 heteroatoms. The summed E-state index contributed by atoms with van der Waals surface area (Å²) in [6.07, 6.45) is 4.53. The van der Waals surface area contributed by atoms with Gasteiger partial charge in [0.2, 0.25) is 0 Å². The topological polar surface area (TPSA) is 26.3 Å². The summed E-state index contributed by atoms with van der Waals surface area (Å²) in [5.41, 5.74) is 0.220. The number of esters is 1. The molecule has 2 nitrogen and oxygen atoms in total. The monoisotopic (exact) mass is 196 g/mol. The first kappa shape index (κ1) is 11.3. The predicted molar refractivity (Wildman–Crippen MR) is 56.9 cm³/mol. The maximum absolute atomic E-state index is 11.4. The molecular formula is C12H20O2. The van der Waals surface area contributed by atoms with Crippen LogP contribution in [0.1, 0.15) is 46.5 Å². The number of ether oxygens (including phenoxy) is 1. The van der Waals surface area contributed by atoms with Crippen LogP contribution >= 0.6 is 0 Å². The van der Waals surface area contributed by atoms with Crippen LogP contribution < -0.4 is 0 Å². The van der Waals surface area contributed by atoms with Crippen LogP contribution in [0.5, 0.6) is 0 Å². The second kappa shape index (κ2) is 4.16. The van der Waals surface area contributed by atoms with Gasteiger partial charge in [-0.3, -0.25) is 0 Å². The van der Waals surface area contributed by atoms with Crippen LogP contribution in [0.4, 0.5) is 0 Å². The maximum atomic E-state index is 11.4. The summed E-state index contributed by atoms with van der Waals surface area (Å²) in [7, 11) is 0. The summed E-state index contributed by atoms with van der Waals surface area (Å²) in [6.45, 7) is 9.41. The number of hydrogen-bond donors (Lipinski definition) is 0. The molecule has 1 unspecified atom stereocenters. The average molecular weight is 196 g/mol. The fraction of sp³-hybridized carbons (Fsp3) is 0.750. The quantitative estimate of drug-likeness (QED) is 0.510. The Morgan fingerprint density at radius 1 is 1.57 bits per heavy atom. The van der Waals surface area contributed by atoms with Crippen molar-refractivity contribution in [1.29, 1.82) is 0 Å². The second-order valence-electron chi connectivity index (χ2n) is 4.46. The highest BCUT2D eigenvalue weighted by Crippen LogP contribution is 2.40. The fourth-order valence-electron chi connectivity index (χ4n) is 1.76. The van der Waals surface area contributed by atoms with Crippen molar-refractivity contribution in [2.45, 2.75) is 52.1 Å². The molecule has 0 radical (unpaired) electrons. The Balaban J connectivity index is 2.60. The molecule has 0 amide bonds. The van der Waals surface area contributed by atoms with Gasteiger partial charge in [-0.25, -0.2) is 4.79 Å². The molecule has 0 spiro atoms. The minimum absolute atomic E-state index is 0.249. The largest absolute Gasteiger partial charge is 0.456 e. The zero-order valence-electron chi connectivity index (χ0n) is 9.43. The molecule has 14 heavy (non-hydrogen) atoms. The molecule has 0 aliphatic heterocycles. The fourth-order valence-corrected chi connectivity index (χ4v) is 1.76. The van der Waals surface area contributed by atoms with E-state index in [0.29, 0.717) is 11.5 Å². The molecule has 1 aliphatic rings. The molecule has 0 aromatic heterocycles. The Morgan fingerprint density at radius 2 is 2.14 bits per heavy atom. The van der Waals surface area contributed by atoms with Crippen LogP contribution in [0, 0.1) is 5.92 Å². The molecule has 0 N–H and O–H groups in total. The van der Waals surface area contributed by atoms with Gasteiger partial charge in [-0.15, -0.1) is 0 Å². The van der Waals surface area contributed by atoms with Crippen molar-refractivity contribution in [3.8, 4) is 0 Å². The summed E-state index contributed by atoms with van der Waals surface area (Å²) in [5.74, 6) is 0.303. The Bertz CT molecular complexity index is 241. The van der Waals surface area contributed by atoms with Gasteiger partial charge in [0, 0.05) is 5.57 Å². The third-order valence-corrected chi connectivity index (χ3v) is 3.35. The molecular weight excluding hydrogens is 176 g/mol. The van der Waals surface area contributed by atoms with Gasteiger partial charge >= 0.3 is 5.97 Å². The summed E-state index contributed by atoms with van der Waals surface area (Å²) in [4.78, 5) is 11.4. The van der Waals surface area contributed by atoms with Crippen molar-refractivity contribution in [2.24, 2.45) is 5.92 Å². The van der Waals surface area contributed by atoms with Gasteiger partial charge in [-0.1, -0.05) is 19.9 Å². The van der Waals surface area contributed by atoms with E-state index in [1.807, 2.05) is 6.92 Å². The Morgan fingerprint density at radius 3 is 2.43 bits per heavy atom. The Kier molecular flexibility index (Phi) is 3.35. The van der Waals surface area contributed by atoms with Crippen molar-refractivity contribution >= 4 is 5.97 Å². The van der Waals surface area contributed by atoms with Crippen molar-refractivity contribution in [2.75, 3.05) is 0 Å². The predicted octanol–water partition coefficient (Wildman–Crippen LogP) is 3.07. The summed E-state index contributed by atoms with van der Waals surface area (Å²) < 4.78 is 5.51. The van der Waals surface area contributed by atoms with Gasteiger partial charge < -0.3 is 4.74 Å². The van der Waals surface area contributed by atoms with Crippen LogP contribution in [-0.2, 0) is 9.53 Å². The lowest BCUT2D eigenvalue weighted by molar-refractivity contribution is -0.163. The molecule has 1 rings (SSSR count). The summed E-state index contributed by atoms with van der Waals surface area (Å²) in [6, 6.07) is 0. The van der Waals surface area contributed by atoms with Gasteiger partial charge in [0.25, 0.3) is 0 Å². The molecule has 0 aromatic carbocycles. The third kappa shape index (κ3) is 2.17. The number of carbonyl (C=O) groups is 1. The molecule has 0 bridgehead atoms. The first-order valence-electron chi connectivity index (χ1n) is 5.38. The minimum atomic E-state index is -0.270. The zero-order valence-corrected chi connectivity index (χ0v) is 9.43. The average Bonchev–Trinajstić information content (AvgIpc) is 2.00. The molecule has 0 heterocycles. The van der Waals surface area contributed by atoms with Crippen LogP contribution in [0.25, 0.3) is 0 Å². The van der Waals surface area contributed by atoms with Gasteiger partial charge in [0.1, 0.15) is 5.60 Å². The zero-order chi connectivity index (χ0) is 10.8. The Hall–Kier alpha value is -0.790. The minimum Gasteiger partial charge on any atom is -0.456 e. The van der Waals surface area contributed by atoms with Crippen molar-refractivity contribution in [1.82, 2.24) is 0 Å². The first-order valence-corrected chi connectivity index (χ1v) is 5.38. The molecule has 1 atom stereocenters. The SMILES string of the molecule is C=C(C)C(=O)OC(C)(CC)C1CCC1. The summed E-state index contributed by atoms with van der Waals surface area (Å²) >= 11 is 0. The Labute approximate surface area is 86.3 Å². The lowest BCUT2D eigenvalue weighted by Crippen LogP contribution is -2.42. The molecule has 1 aliphatic carbocycles. The number of carbonyl (C=O) groups excluding carboxylic acids is 1. The van der Waals surface area contributed by atoms with E-state index >= 15 is 0 Å². The smallest absolute Gasteiger partial charge is 0.333 e. The van der Waals surface area contributed by atoms with E-state index in [1.54, 1.807) is 6.92 Å². The normalized spacial score (nSPS) is 20.8. The van der Waals surface area contributed by atoms with E-state index in [0.717, 1.165) is 6.42 Å². The number of hydrogen-bond acceptors (Lipinski definition) is 2. The molecule has 0 saturated heterocycles. The second-order valence-corrected chi connectivity index (χ2v) is 4.46. The van der Waals surface area contributed by atoms with Gasteiger partial charge in [0.05, 0.1) is 0 Å². The highest BCUT2D eigenvalue weighted by molar-refractivity contribution is 5.87. The third-order valence-electron chi connectivity index (χ3n) is 3.35. The molecule has 0 aromatic rings. The molecule has 1 saturated carbocycles. The molecule has 1 fully saturated rings. The van der Waals surface area contributed by atoms with E-state index in [1.165, 1.54) is 19.3 Å². The van der Waals surface area contributed by atoms with Crippen LogP contribution in [0.3, 0.4) is 0 Å². The van der Waals surface area contributed by atoms with Crippen LogP contribution in [0.15, 0.2) is 12.2 Å². The van der Waals surface area contributed by atoms with E-state index in [-0.39, 0.29) is 11.6 Å².